The lowest BCUT2D eigenvalue weighted by molar-refractivity contribution is -0.140. The average molecular weight is 293 g/mol. The fraction of sp³-hybridized carbons (Fsp3) is 0.286. The summed E-state index contributed by atoms with van der Waals surface area (Å²) >= 11 is 1.37. The number of carbonyl (C=O) groups is 2. The van der Waals surface area contributed by atoms with E-state index in [1.54, 1.807) is 19.2 Å². The quantitative estimate of drug-likeness (QED) is 0.521. The summed E-state index contributed by atoms with van der Waals surface area (Å²) in [5.74, 6) is 0.132. The molecule has 0 radical (unpaired) electrons. The van der Waals surface area contributed by atoms with E-state index in [1.165, 1.54) is 18.4 Å². The second-order valence-electron chi connectivity index (χ2n) is 4.24. The van der Waals surface area contributed by atoms with Gasteiger partial charge in [-0.2, -0.15) is 0 Å². The summed E-state index contributed by atoms with van der Waals surface area (Å²) in [6.45, 7) is 0. The van der Waals surface area contributed by atoms with Crippen molar-refractivity contribution in [3.8, 4) is 5.75 Å². The van der Waals surface area contributed by atoms with Gasteiger partial charge < -0.3 is 15.2 Å². The van der Waals surface area contributed by atoms with E-state index in [4.69, 9.17) is 10.5 Å². The number of hydrogen-bond acceptors (Lipinski definition) is 6. The van der Waals surface area contributed by atoms with Crippen molar-refractivity contribution in [2.45, 2.75) is 12.8 Å². The fourth-order valence-corrected chi connectivity index (χ4v) is 2.88. The van der Waals surface area contributed by atoms with Gasteiger partial charge in [0.05, 0.1) is 31.2 Å². The monoisotopic (exact) mass is 293 g/mol. The number of thiophene rings is 1. The lowest BCUT2D eigenvalue weighted by atomic mass is 10.1. The van der Waals surface area contributed by atoms with Gasteiger partial charge in [0, 0.05) is 17.2 Å². The van der Waals surface area contributed by atoms with Crippen molar-refractivity contribution in [1.29, 1.82) is 0 Å². The summed E-state index contributed by atoms with van der Waals surface area (Å²) in [6, 6.07) is 5.38. The minimum absolute atomic E-state index is 0.0749. The molecule has 0 bridgehead atoms. The van der Waals surface area contributed by atoms with E-state index in [2.05, 4.69) is 4.74 Å². The summed E-state index contributed by atoms with van der Waals surface area (Å²) < 4.78 is 10.6. The van der Waals surface area contributed by atoms with Crippen LogP contribution < -0.4 is 10.5 Å². The Morgan fingerprint density at radius 2 is 1.95 bits per heavy atom. The van der Waals surface area contributed by atoms with Gasteiger partial charge in [0.2, 0.25) is 0 Å². The molecule has 0 aliphatic carbocycles. The minimum Gasteiger partial charge on any atom is -0.495 e. The second kappa shape index (κ2) is 5.92. The predicted molar refractivity (Wildman–Crippen MR) is 78.4 cm³/mol. The number of nitrogen functional groups attached to an aromatic ring is 1. The highest BCUT2D eigenvalue weighted by molar-refractivity contribution is 7.20. The second-order valence-corrected chi connectivity index (χ2v) is 5.33. The Hall–Kier alpha value is -2.08. The number of hydrogen-bond donors (Lipinski definition) is 1. The van der Waals surface area contributed by atoms with Crippen LogP contribution in [0.2, 0.25) is 0 Å². The topological polar surface area (TPSA) is 78.6 Å². The number of fused-ring (bicyclic) bond motifs is 1. The third kappa shape index (κ3) is 2.91. The van der Waals surface area contributed by atoms with Gasteiger partial charge in [-0.05, 0) is 17.5 Å². The number of anilines is 1. The molecule has 0 spiro atoms. The molecule has 0 saturated heterocycles. The number of benzene rings is 1. The smallest absolute Gasteiger partial charge is 0.305 e. The van der Waals surface area contributed by atoms with Crippen LogP contribution in [0.4, 0.5) is 5.69 Å². The predicted octanol–water partition coefficient (Wildman–Crippen LogP) is 2.63. The molecule has 0 saturated carbocycles. The van der Waals surface area contributed by atoms with Crippen molar-refractivity contribution in [3.05, 3.63) is 23.1 Å². The largest absolute Gasteiger partial charge is 0.495 e. The zero-order valence-electron chi connectivity index (χ0n) is 11.3. The first-order valence-corrected chi connectivity index (χ1v) is 6.84. The molecule has 0 amide bonds. The van der Waals surface area contributed by atoms with Gasteiger partial charge in [-0.3, -0.25) is 9.59 Å². The van der Waals surface area contributed by atoms with E-state index in [0.29, 0.717) is 16.3 Å². The molecule has 2 rings (SSSR count). The molecular weight excluding hydrogens is 278 g/mol. The molecule has 1 aromatic carbocycles. The van der Waals surface area contributed by atoms with Crippen LogP contribution in [0.15, 0.2) is 18.2 Å². The summed E-state index contributed by atoms with van der Waals surface area (Å²) in [5, 5.41) is 0.898. The van der Waals surface area contributed by atoms with Crippen molar-refractivity contribution >= 4 is 38.9 Å². The van der Waals surface area contributed by atoms with Gasteiger partial charge >= 0.3 is 5.97 Å². The molecule has 1 heterocycles. The zero-order valence-corrected chi connectivity index (χ0v) is 12.1. The summed E-state index contributed by atoms with van der Waals surface area (Å²) in [6.07, 6.45) is 0.237. The molecule has 20 heavy (non-hydrogen) atoms. The van der Waals surface area contributed by atoms with Crippen molar-refractivity contribution in [2.24, 2.45) is 0 Å². The number of esters is 1. The van der Waals surface area contributed by atoms with Crippen LogP contribution in [-0.4, -0.2) is 26.0 Å². The molecule has 6 heteroatoms. The molecule has 0 unspecified atom stereocenters. The highest BCUT2D eigenvalue weighted by Crippen LogP contribution is 2.34. The van der Waals surface area contributed by atoms with E-state index in [-0.39, 0.29) is 24.6 Å². The molecule has 2 aromatic rings. The average Bonchev–Trinajstić information content (AvgIpc) is 2.85. The van der Waals surface area contributed by atoms with Crippen LogP contribution in [-0.2, 0) is 9.53 Å². The van der Waals surface area contributed by atoms with Gasteiger partial charge in [0.15, 0.2) is 5.78 Å². The first kappa shape index (κ1) is 14.3. The number of methoxy groups -OCH3 is 2. The van der Waals surface area contributed by atoms with E-state index in [9.17, 15) is 9.59 Å². The van der Waals surface area contributed by atoms with E-state index < -0.39 is 0 Å². The van der Waals surface area contributed by atoms with Crippen molar-refractivity contribution in [2.75, 3.05) is 20.0 Å². The Kier molecular flexibility index (Phi) is 4.24. The SMILES string of the molecule is COC(=O)CCC(=O)c1cc2cc(N)c(OC)cc2s1. The normalized spacial score (nSPS) is 10.5. The van der Waals surface area contributed by atoms with Crippen LogP contribution in [0.25, 0.3) is 10.1 Å². The first-order chi connectivity index (χ1) is 9.55. The Labute approximate surface area is 120 Å². The third-order valence-electron chi connectivity index (χ3n) is 2.93. The lowest BCUT2D eigenvalue weighted by Gasteiger charge is -2.03. The Morgan fingerprint density at radius 3 is 2.60 bits per heavy atom. The maximum absolute atomic E-state index is 12.0. The van der Waals surface area contributed by atoms with Gasteiger partial charge in [-0.25, -0.2) is 0 Å². The minimum atomic E-state index is -0.384. The Bertz CT molecular complexity index is 662. The van der Waals surface area contributed by atoms with Crippen LogP contribution in [0, 0.1) is 0 Å². The number of Topliss-reactive ketones (excluding diaryl/α,β-unsaturated/α-hetero) is 1. The van der Waals surface area contributed by atoms with Crippen molar-refractivity contribution < 1.29 is 19.1 Å². The summed E-state index contributed by atoms with van der Waals surface area (Å²) in [7, 11) is 2.86. The standard InChI is InChI=1S/C14H15NO4S/c1-18-11-7-12-8(5-9(11)15)6-13(20-12)10(16)3-4-14(17)19-2/h5-7H,3-4,15H2,1-2H3. The number of ketones is 1. The third-order valence-corrected chi connectivity index (χ3v) is 4.07. The maximum Gasteiger partial charge on any atom is 0.305 e. The van der Waals surface area contributed by atoms with E-state index >= 15 is 0 Å². The van der Waals surface area contributed by atoms with Crippen molar-refractivity contribution in [1.82, 2.24) is 0 Å². The number of ether oxygens (including phenoxy) is 2. The number of nitrogens with two attached hydrogens (primary N) is 1. The maximum atomic E-state index is 12.0. The number of carbonyl (C=O) groups excluding carboxylic acids is 2. The van der Waals surface area contributed by atoms with Gasteiger partial charge in [-0.15, -0.1) is 11.3 Å². The van der Waals surface area contributed by atoms with Gasteiger partial charge in [0.25, 0.3) is 0 Å². The van der Waals surface area contributed by atoms with Crippen LogP contribution >= 0.6 is 11.3 Å². The highest BCUT2D eigenvalue weighted by Gasteiger charge is 2.14. The zero-order chi connectivity index (χ0) is 14.7. The van der Waals surface area contributed by atoms with Crippen LogP contribution in [0.5, 0.6) is 5.75 Å². The molecule has 0 atom stereocenters. The first-order valence-electron chi connectivity index (χ1n) is 6.02. The summed E-state index contributed by atoms with van der Waals surface area (Å²) in [5.41, 5.74) is 6.37. The molecule has 1 aromatic heterocycles. The Balaban J connectivity index is 2.23. The van der Waals surface area contributed by atoms with Gasteiger partial charge in [-0.1, -0.05) is 0 Å². The number of rotatable bonds is 5. The molecule has 0 aliphatic rings. The molecule has 2 N–H and O–H groups in total. The van der Waals surface area contributed by atoms with E-state index in [1.807, 2.05) is 6.07 Å². The van der Waals surface area contributed by atoms with Crippen LogP contribution in [0.3, 0.4) is 0 Å². The molecule has 0 aliphatic heterocycles. The lowest BCUT2D eigenvalue weighted by Crippen LogP contribution is -2.04. The summed E-state index contributed by atoms with van der Waals surface area (Å²) in [4.78, 5) is 23.7. The van der Waals surface area contributed by atoms with E-state index in [0.717, 1.165) is 10.1 Å². The molecule has 0 fully saturated rings. The molecule has 5 nitrogen and oxygen atoms in total. The Morgan fingerprint density at radius 1 is 1.20 bits per heavy atom. The fourth-order valence-electron chi connectivity index (χ4n) is 1.84. The van der Waals surface area contributed by atoms with Crippen molar-refractivity contribution in [3.63, 3.8) is 0 Å². The molecular formula is C14H15NO4S. The highest BCUT2D eigenvalue weighted by atomic mass is 32.1. The van der Waals surface area contributed by atoms with Crippen LogP contribution in [0.1, 0.15) is 22.5 Å². The molecule has 106 valence electrons. The van der Waals surface area contributed by atoms with Gasteiger partial charge in [0.1, 0.15) is 5.75 Å².